The molecule has 0 aromatic heterocycles. The molecule has 0 aromatic rings. The van der Waals surface area contributed by atoms with Crippen molar-refractivity contribution in [2.24, 2.45) is 5.92 Å². The van der Waals surface area contributed by atoms with Crippen molar-refractivity contribution in [1.82, 2.24) is 10.2 Å². The molecule has 18 heavy (non-hydrogen) atoms. The van der Waals surface area contributed by atoms with Crippen molar-refractivity contribution in [3.8, 4) is 0 Å². The van der Waals surface area contributed by atoms with Gasteiger partial charge in [0.25, 0.3) is 0 Å². The third-order valence-corrected chi connectivity index (χ3v) is 5.01. The minimum absolute atomic E-state index is 0. The highest BCUT2D eigenvalue weighted by molar-refractivity contribution is 8.00. The standard InChI is InChI=1S/C13H24N2OS.ClH/c1-10-8-11(4-5-14-10)12(16)15-6-7-17-13(2,3)9-15;/h10-11,14H,4-9H2,1-3H3;1H/t10-,11-;/m0./s1. The van der Waals surface area contributed by atoms with Gasteiger partial charge in [0.1, 0.15) is 0 Å². The van der Waals surface area contributed by atoms with Crippen LogP contribution in [0.3, 0.4) is 0 Å². The van der Waals surface area contributed by atoms with Gasteiger partial charge in [-0.25, -0.2) is 0 Å². The molecule has 0 unspecified atom stereocenters. The Balaban J connectivity index is 0.00000162. The van der Waals surface area contributed by atoms with Gasteiger partial charge in [-0.2, -0.15) is 11.8 Å². The molecule has 0 aliphatic carbocycles. The van der Waals surface area contributed by atoms with Crippen molar-refractivity contribution in [2.45, 2.75) is 44.4 Å². The molecule has 2 atom stereocenters. The van der Waals surface area contributed by atoms with Crippen molar-refractivity contribution in [1.29, 1.82) is 0 Å². The van der Waals surface area contributed by atoms with E-state index in [0.29, 0.717) is 11.9 Å². The summed E-state index contributed by atoms with van der Waals surface area (Å²) in [5.74, 6) is 1.73. The molecule has 2 aliphatic rings. The average Bonchev–Trinajstić information content (AvgIpc) is 2.26. The van der Waals surface area contributed by atoms with Gasteiger partial charge < -0.3 is 10.2 Å². The number of thioether (sulfide) groups is 1. The smallest absolute Gasteiger partial charge is 0.225 e. The Hall–Kier alpha value is 0.0700. The third-order valence-electron chi connectivity index (χ3n) is 3.71. The highest BCUT2D eigenvalue weighted by Crippen LogP contribution is 2.31. The Morgan fingerprint density at radius 1 is 1.44 bits per heavy atom. The number of halogens is 1. The fraction of sp³-hybridized carbons (Fsp3) is 0.923. The van der Waals surface area contributed by atoms with Crippen LogP contribution in [0.25, 0.3) is 0 Å². The second kappa shape index (κ2) is 6.49. The minimum atomic E-state index is 0. The van der Waals surface area contributed by atoms with Crippen molar-refractivity contribution in [3.63, 3.8) is 0 Å². The summed E-state index contributed by atoms with van der Waals surface area (Å²) in [5, 5.41) is 3.41. The summed E-state index contributed by atoms with van der Waals surface area (Å²) in [5.41, 5.74) is 0. The first-order chi connectivity index (χ1) is 7.98. The predicted octanol–water partition coefficient (Wildman–Crippen LogP) is 2.15. The molecule has 0 spiro atoms. The summed E-state index contributed by atoms with van der Waals surface area (Å²) in [4.78, 5) is 14.6. The van der Waals surface area contributed by atoms with Gasteiger partial charge in [0.05, 0.1) is 0 Å². The fourth-order valence-corrected chi connectivity index (χ4v) is 3.93. The monoisotopic (exact) mass is 292 g/mol. The molecule has 2 fully saturated rings. The van der Waals surface area contributed by atoms with Crippen LogP contribution in [-0.2, 0) is 4.79 Å². The minimum Gasteiger partial charge on any atom is -0.340 e. The highest BCUT2D eigenvalue weighted by atomic mass is 35.5. The number of hydrogen-bond donors (Lipinski definition) is 1. The molecule has 2 rings (SSSR count). The van der Waals surface area contributed by atoms with E-state index in [0.717, 1.165) is 38.2 Å². The molecule has 2 saturated heterocycles. The van der Waals surface area contributed by atoms with E-state index < -0.39 is 0 Å². The lowest BCUT2D eigenvalue weighted by Gasteiger charge is -2.40. The van der Waals surface area contributed by atoms with Gasteiger partial charge in [-0.05, 0) is 40.2 Å². The van der Waals surface area contributed by atoms with Crippen LogP contribution in [0.2, 0.25) is 0 Å². The van der Waals surface area contributed by atoms with E-state index in [4.69, 9.17) is 0 Å². The van der Waals surface area contributed by atoms with E-state index in [1.54, 1.807) is 0 Å². The van der Waals surface area contributed by atoms with Gasteiger partial charge in [0.2, 0.25) is 5.91 Å². The molecular weight excluding hydrogens is 268 g/mol. The lowest BCUT2D eigenvalue weighted by Crippen LogP contribution is -2.50. The zero-order chi connectivity index (χ0) is 12.5. The molecule has 0 aromatic carbocycles. The van der Waals surface area contributed by atoms with E-state index in [1.165, 1.54) is 0 Å². The molecule has 0 saturated carbocycles. The fourth-order valence-electron chi connectivity index (χ4n) is 2.82. The molecule has 2 aliphatic heterocycles. The summed E-state index contributed by atoms with van der Waals surface area (Å²) in [7, 11) is 0. The summed E-state index contributed by atoms with van der Waals surface area (Å²) >= 11 is 1.98. The first-order valence-corrected chi connectivity index (χ1v) is 7.63. The molecule has 106 valence electrons. The largest absolute Gasteiger partial charge is 0.340 e. The summed E-state index contributed by atoms with van der Waals surface area (Å²) in [6.07, 6.45) is 2.01. The van der Waals surface area contributed by atoms with Crippen molar-refractivity contribution in [3.05, 3.63) is 0 Å². The van der Waals surface area contributed by atoms with Crippen LogP contribution in [0.4, 0.5) is 0 Å². The molecule has 3 nitrogen and oxygen atoms in total. The third kappa shape index (κ3) is 4.04. The van der Waals surface area contributed by atoms with Gasteiger partial charge in [-0.1, -0.05) is 0 Å². The normalized spacial score (nSPS) is 31.6. The van der Waals surface area contributed by atoms with Crippen LogP contribution >= 0.6 is 24.2 Å². The molecule has 0 bridgehead atoms. The number of carbonyl (C=O) groups excluding carboxylic acids is 1. The van der Waals surface area contributed by atoms with Gasteiger partial charge in [-0.3, -0.25) is 4.79 Å². The summed E-state index contributed by atoms with van der Waals surface area (Å²) < 4.78 is 0.229. The molecule has 0 radical (unpaired) electrons. The van der Waals surface area contributed by atoms with Crippen LogP contribution in [0.1, 0.15) is 33.6 Å². The van der Waals surface area contributed by atoms with Crippen LogP contribution in [-0.4, -0.2) is 47.0 Å². The van der Waals surface area contributed by atoms with Crippen molar-refractivity contribution >= 4 is 30.1 Å². The highest BCUT2D eigenvalue weighted by Gasteiger charge is 2.34. The second-order valence-corrected chi connectivity index (χ2v) is 7.75. The average molecular weight is 293 g/mol. The maximum absolute atomic E-state index is 12.5. The maximum Gasteiger partial charge on any atom is 0.225 e. The zero-order valence-corrected chi connectivity index (χ0v) is 13.2. The van der Waals surface area contributed by atoms with E-state index in [2.05, 4.69) is 31.0 Å². The molecule has 1 N–H and O–H groups in total. The Kier molecular flexibility index (Phi) is 5.81. The van der Waals surface area contributed by atoms with E-state index >= 15 is 0 Å². The van der Waals surface area contributed by atoms with Crippen LogP contribution < -0.4 is 5.32 Å². The maximum atomic E-state index is 12.5. The number of amides is 1. The number of rotatable bonds is 1. The summed E-state index contributed by atoms with van der Waals surface area (Å²) in [6, 6.07) is 0.491. The van der Waals surface area contributed by atoms with Crippen LogP contribution in [0.15, 0.2) is 0 Å². The Morgan fingerprint density at radius 2 is 2.17 bits per heavy atom. The Bertz CT molecular complexity index is 299. The molecular formula is C13H25ClN2OS. The number of carbonyl (C=O) groups is 1. The lowest BCUT2D eigenvalue weighted by molar-refractivity contribution is -0.137. The van der Waals surface area contributed by atoms with Gasteiger partial charge >= 0.3 is 0 Å². The van der Waals surface area contributed by atoms with Gasteiger partial charge in [-0.15, -0.1) is 12.4 Å². The quantitative estimate of drug-likeness (QED) is 0.804. The number of piperidine rings is 1. The molecule has 2 heterocycles. The lowest BCUT2D eigenvalue weighted by atomic mass is 9.91. The van der Waals surface area contributed by atoms with E-state index in [1.807, 2.05) is 11.8 Å². The Morgan fingerprint density at radius 3 is 2.78 bits per heavy atom. The SMILES string of the molecule is C[C@H]1C[C@@H](C(=O)N2CCSC(C)(C)C2)CCN1.Cl. The van der Waals surface area contributed by atoms with Crippen molar-refractivity contribution in [2.75, 3.05) is 25.4 Å². The number of hydrogen-bond acceptors (Lipinski definition) is 3. The van der Waals surface area contributed by atoms with E-state index in [9.17, 15) is 4.79 Å². The second-order valence-electron chi connectivity index (χ2n) is 5.94. The first kappa shape index (κ1) is 16.1. The Labute approximate surface area is 121 Å². The molecule has 5 heteroatoms. The number of nitrogens with zero attached hydrogens (tertiary/aromatic N) is 1. The molecule has 1 amide bonds. The van der Waals surface area contributed by atoms with Crippen molar-refractivity contribution < 1.29 is 4.79 Å². The predicted molar refractivity (Wildman–Crippen MR) is 80.6 cm³/mol. The zero-order valence-electron chi connectivity index (χ0n) is 11.6. The first-order valence-electron chi connectivity index (χ1n) is 6.64. The van der Waals surface area contributed by atoms with Gasteiger partial charge in [0, 0.05) is 35.5 Å². The van der Waals surface area contributed by atoms with Crippen LogP contribution in [0, 0.1) is 5.92 Å². The van der Waals surface area contributed by atoms with E-state index in [-0.39, 0.29) is 23.1 Å². The van der Waals surface area contributed by atoms with Gasteiger partial charge in [0.15, 0.2) is 0 Å². The topological polar surface area (TPSA) is 32.3 Å². The number of nitrogens with one attached hydrogen (secondary N) is 1. The summed E-state index contributed by atoms with van der Waals surface area (Å²) in [6.45, 7) is 9.49. The van der Waals surface area contributed by atoms with Crippen LogP contribution in [0.5, 0.6) is 0 Å².